The van der Waals surface area contributed by atoms with Crippen LogP contribution in [0.3, 0.4) is 0 Å². The Morgan fingerprint density at radius 3 is 2.51 bits per heavy atom. The summed E-state index contributed by atoms with van der Waals surface area (Å²) in [6.07, 6.45) is 3.69. The standard InChI is InChI=1S/C30H36F2N4O3/c1-30(2,32)19-35-14-11-20(12-15-35)18-39-22-9-10-23(21(16-22)17-33)24-6-5-7-25(31)27(24)29(38)36-13-4-3-8-26(36)28(34)37/h5-7,9-10,16,20,26H,3-4,8,11-15,18-19H2,1-2H3,(H2,34,37). The van der Waals surface area contributed by atoms with Crippen LogP contribution in [0.1, 0.15) is 61.9 Å². The monoisotopic (exact) mass is 538 g/mol. The minimum absolute atomic E-state index is 0.181. The Hall–Kier alpha value is -3.51. The molecule has 7 nitrogen and oxygen atoms in total. The van der Waals surface area contributed by atoms with Gasteiger partial charge in [-0.05, 0) is 94.8 Å². The summed E-state index contributed by atoms with van der Waals surface area (Å²) in [5.41, 5.74) is 5.06. The molecule has 208 valence electrons. The second-order valence-electron chi connectivity index (χ2n) is 11.1. The van der Waals surface area contributed by atoms with Crippen LogP contribution >= 0.6 is 0 Å². The van der Waals surface area contributed by atoms with Crippen molar-refractivity contribution in [2.75, 3.05) is 32.8 Å². The van der Waals surface area contributed by atoms with E-state index in [1.807, 2.05) is 0 Å². The quantitative estimate of drug-likeness (QED) is 0.526. The SMILES string of the molecule is CC(C)(F)CN1CCC(COc2ccc(-c3cccc(F)c3C(=O)N3CCCCC3C(N)=O)c(C#N)c2)CC1. The van der Waals surface area contributed by atoms with Gasteiger partial charge in [-0.3, -0.25) is 9.59 Å². The Morgan fingerprint density at radius 1 is 1.10 bits per heavy atom. The van der Waals surface area contributed by atoms with Gasteiger partial charge < -0.3 is 20.3 Å². The minimum Gasteiger partial charge on any atom is -0.493 e. The van der Waals surface area contributed by atoms with E-state index < -0.39 is 29.3 Å². The van der Waals surface area contributed by atoms with E-state index in [9.17, 15) is 19.2 Å². The van der Waals surface area contributed by atoms with Gasteiger partial charge in [-0.2, -0.15) is 5.26 Å². The zero-order valence-corrected chi connectivity index (χ0v) is 22.6. The van der Waals surface area contributed by atoms with E-state index in [1.54, 1.807) is 38.1 Å². The number of hydrogen-bond donors (Lipinski definition) is 1. The smallest absolute Gasteiger partial charge is 0.258 e. The summed E-state index contributed by atoms with van der Waals surface area (Å²) in [5.74, 6) is -1.12. The second-order valence-corrected chi connectivity index (χ2v) is 11.1. The van der Waals surface area contributed by atoms with Crippen molar-refractivity contribution in [2.45, 2.75) is 57.7 Å². The molecule has 2 aromatic carbocycles. The molecule has 2 amide bonds. The number of carbonyl (C=O) groups is 2. The summed E-state index contributed by atoms with van der Waals surface area (Å²) in [6.45, 7) is 6.01. The van der Waals surface area contributed by atoms with Gasteiger partial charge in [0.1, 0.15) is 23.3 Å². The Labute approximate surface area is 228 Å². The summed E-state index contributed by atoms with van der Waals surface area (Å²) in [4.78, 5) is 29.0. The molecule has 2 aromatic rings. The average Bonchev–Trinajstić information content (AvgIpc) is 2.91. The summed E-state index contributed by atoms with van der Waals surface area (Å²) in [7, 11) is 0. The number of benzene rings is 2. The largest absolute Gasteiger partial charge is 0.493 e. The molecule has 1 atom stereocenters. The summed E-state index contributed by atoms with van der Waals surface area (Å²) >= 11 is 0. The van der Waals surface area contributed by atoms with Crippen LogP contribution in [0.25, 0.3) is 11.1 Å². The highest BCUT2D eigenvalue weighted by atomic mass is 19.1. The number of amides is 2. The first kappa shape index (κ1) is 28.5. The number of likely N-dealkylation sites (tertiary alicyclic amines) is 2. The highest BCUT2D eigenvalue weighted by molar-refractivity contribution is 6.03. The topological polar surface area (TPSA) is 99.7 Å². The molecule has 2 fully saturated rings. The van der Waals surface area contributed by atoms with E-state index in [2.05, 4.69) is 11.0 Å². The molecular formula is C30H36F2N4O3. The Bertz CT molecular complexity index is 1250. The van der Waals surface area contributed by atoms with E-state index in [-0.39, 0.29) is 16.7 Å². The summed E-state index contributed by atoms with van der Waals surface area (Å²) < 4.78 is 35.1. The summed E-state index contributed by atoms with van der Waals surface area (Å²) in [6, 6.07) is 10.6. The third-order valence-electron chi connectivity index (χ3n) is 7.51. The first-order valence-corrected chi connectivity index (χ1v) is 13.5. The maximum atomic E-state index is 15.1. The van der Waals surface area contributed by atoms with Crippen molar-refractivity contribution >= 4 is 11.8 Å². The fourth-order valence-electron chi connectivity index (χ4n) is 5.58. The lowest BCUT2D eigenvalue weighted by atomic mass is 9.93. The molecule has 2 aliphatic rings. The maximum Gasteiger partial charge on any atom is 0.258 e. The van der Waals surface area contributed by atoms with Gasteiger partial charge in [0.05, 0.1) is 23.8 Å². The molecule has 1 unspecified atom stereocenters. The average molecular weight is 539 g/mol. The van der Waals surface area contributed by atoms with E-state index in [1.165, 1.54) is 17.0 Å². The van der Waals surface area contributed by atoms with Gasteiger partial charge in [0.25, 0.3) is 5.91 Å². The summed E-state index contributed by atoms with van der Waals surface area (Å²) in [5, 5.41) is 9.91. The number of nitriles is 1. The number of primary amides is 1. The van der Waals surface area contributed by atoms with Crippen LogP contribution in [0.4, 0.5) is 8.78 Å². The fraction of sp³-hybridized carbons (Fsp3) is 0.500. The van der Waals surface area contributed by atoms with Crippen molar-refractivity contribution in [3.05, 3.63) is 53.3 Å². The molecule has 0 aliphatic carbocycles. The van der Waals surface area contributed by atoms with Crippen LogP contribution in [0.5, 0.6) is 5.75 Å². The molecule has 0 radical (unpaired) electrons. The van der Waals surface area contributed by atoms with Gasteiger partial charge >= 0.3 is 0 Å². The Kier molecular flexibility index (Phi) is 8.86. The molecule has 0 bridgehead atoms. The van der Waals surface area contributed by atoms with E-state index in [0.717, 1.165) is 32.4 Å². The van der Waals surface area contributed by atoms with Crippen LogP contribution in [0, 0.1) is 23.1 Å². The molecule has 9 heteroatoms. The lowest BCUT2D eigenvalue weighted by Gasteiger charge is -2.34. The van der Waals surface area contributed by atoms with E-state index >= 15 is 4.39 Å². The lowest BCUT2D eigenvalue weighted by Crippen LogP contribution is -2.50. The van der Waals surface area contributed by atoms with Gasteiger partial charge in [-0.25, -0.2) is 8.78 Å². The highest BCUT2D eigenvalue weighted by Gasteiger charge is 2.34. The molecule has 2 aliphatic heterocycles. The molecule has 2 N–H and O–H groups in total. The third kappa shape index (κ3) is 6.93. The maximum absolute atomic E-state index is 15.1. The first-order chi connectivity index (χ1) is 18.6. The predicted molar refractivity (Wildman–Crippen MR) is 144 cm³/mol. The van der Waals surface area contributed by atoms with Crippen molar-refractivity contribution in [3.8, 4) is 22.9 Å². The molecule has 2 heterocycles. The number of alkyl halides is 1. The van der Waals surface area contributed by atoms with Crippen molar-refractivity contribution < 1.29 is 23.1 Å². The van der Waals surface area contributed by atoms with Crippen LogP contribution in [0.15, 0.2) is 36.4 Å². The third-order valence-corrected chi connectivity index (χ3v) is 7.51. The molecular weight excluding hydrogens is 502 g/mol. The number of nitrogens with two attached hydrogens (primary N) is 1. The van der Waals surface area contributed by atoms with Crippen molar-refractivity contribution in [1.29, 1.82) is 5.26 Å². The fourth-order valence-corrected chi connectivity index (χ4v) is 5.58. The number of nitrogens with zero attached hydrogens (tertiary/aromatic N) is 3. The van der Waals surface area contributed by atoms with Gasteiger partial charge in [-0.15, -0.1) is 0 Å². The number of ether oxygens (including phenoxy) is 1. The van der Waals surface area contributed by atoms with Crippen LogP contribution in [-0.4, -0.2) is 66.1 Å². The first-order valence-electron chi connectivity index (χ1n) is 13.5. The number of carbonyl (C=O) groups excluding carboxylic acids is 2. The molecule has 0 aromatic heterocycles. The number of halogens is 2. The Balaban J connectivity index is 1.51. The van der Waals surface area contributed by atoms with Gasteiger partial charge in [0, 0.05) is 18.7 Å². The number of piperidine rings is 2. The van der Waals surface area contributed by atoms with Gasteiger partial charge in [0.2, 0.25) is 5.91 Å². The highest BCUT2D eigenvalue weighted by Crippen LogP contribution is 2.33. The van der Waals surface area contributed by atoms with Gasteiger partial charge in [0.15, 0.2) is 0 Å². The van der Waals surface area contributed by atoms with Gasteiger partial charge in [-0.1, -0.05) is 12.1 Å². The second kappa shape index (κ2) is 12.1. The van der Waals surface area contributed by atoms with Crippen LogP contribution < -0.4 is 10.5 Å². The zero-order chi connectivity index (χ0) is 28.2. The molecule has 39 heavy (non-hydrogen) atoms. The van der Waals surface area contributed by atoms with Crippen molar-refractivity contribution in [3.63, 3.8) is 0 Å². The lowest BCUT2D eigenvalue weighted by molar-refractivity contribution is -0.123. The van der Waals surface area contributed by atoms with E-state index in [0.29, 0.717) is 49.8 Å². The molecule has 0 saturated carbocycles. The number of hydrogen-bond acceptors (Lipinski definition) is 5. The van der Waals surface area contributed by atoms with Crippen LogP contribution in [0.2, 0.25) is 0 Å². The van der Waals surface area contributed by atoms with Crippen molar-refractivity contribution in [2.24, 2.45) is 11.7 Å². The van der Waals surface area contributed by atoms with Crippen LogP contribution in [-0.2, 0) is 4.79 Å². The Morgan fingerprint density at radius 2 is 1.85 bits per heavy atom. The zero-order valence-electron chi connectivity index (χ0n) is 22.6. The number of rotatable bonds is 8. The normalized spacial score (nSPS) is 18.9. The van der Waals surface area contributed by atoms with E-state index in [4.69, 9.17) is 10.5 Å². The minimum atomic E-state index is -1.22. The molecule has 4 rings (SSSR count). The molecule has 0 spiro atoms. The predicted octanol–water partition coefficient (Wildman–Crippen LogP) is 4.68. The van der Waals surface area contributed by atoms with Crippen molar-refractivity contribution in [1.82, 2.24) is 9.80 Å². The molecule has 2 saturated heterocycles.